The Labute approximate surface area is 171 Å². The lowest BCUT2D eigenvalue weighted by atomic mass is 10.1. The number of sulfone groups is 1. The van der Waals surface area contributed by atoms with Gasteiger partial charge >= 0.3 is 0 Å². The second-order valence-corrected chi connectivity index (χ2v) is 9.66. The molecule has 0 N–H and O–H groups in total. The number of hydrogen-bond donors (Lipinski definition) is 0. The van der Waals surface area contributed by atoms with E-state index in [1.54, 1.807) is 17.0 Å². The number of rotatable bonds is 7. The molecule has 1 aliphatic heterocycles. The maximum absolute atomic E-state index is 12.9. The number of carbonyl (C=O) groups excluding carboxylic acids is 1. The van der Waals surface area contributed by atoms with E-state index in [1.807, 2.05) is 36.4 Å². The zero-order valence-electron chi connectivity index (χ0n) is 15.8. The van der Waals surface area contributed by atoms with Crippen molar-refractivity contribution in [3.63, 3.8) is 0 Å². The van der Waals surface area contributed by atoms with Crippen molar-refractivity contribution < 1.29 is 17.9 Å². The molecule has 1 fully saturated rings. The maximum atomic E-state index is 12.9. The van der Waals surface area contributed by atoms with Gasteiger partial charge in [0.05, 0.1) is 11.5 Å². The Bertz CT molecular complexity index is 928. The van der Waals surface area contributed by atoms with E-state index in [0.717, 1.165) is 12.0 Å². The summed E-state index contributed by atoms with van der Waals surface area (Å²) >= 11 is 6.05. The summed E-state index contributed by atoms with van der Waals surface area (Å²) in [5, 5.41) is 0.580. The SMILES string of the molecule is CCc1ccc(OCC(=O)N(Cc2cccc(Cl)c2)C2CCS(=O)(=O)C2)cc1. The number of amides is 1. The summed E-state index contributed by atoms with van der Waals surface area (Å²) in [5.41, 5.74) is 2.05. The third-order valence-electron chi connectivity index (χ3n) is 4.91. The molecule has 1 atom stereocenters. The molecule has 1 aliphatic rings. The molecule has 3 rings (SSSR count). The van der Waals surface area contributed by atoms with E-state index in [4.69, 9.17) is 16.3 Å². The Morgan fingerprint density at radius 3 is 2.54 bits per heavy atom. The minimum absolute atomic E-state index is 0.00942. The predicted octanol–water partition coefficient (Wildman–Crippen LogP) is 3.50. The third-order valence-corrected chi connectivity index (χ3v) is 6.89. The second-order valence-electron chi connectivity index (χ2n) is 6.99. The van der Waals surface area contributed by atoms with Crippen LogP contribution in [0.15, 0.2) is 48.5 Å². The molecule has 5 nitrogen and oxygen atoms in total. The fourth-order valence-corrected chi connectivity index (χ4v) is 5.27. The summed E-state index contributed by atoms with van der Waals surface area (Å²) in [5.74, 6) is 0.481. The standard InChI is InChI=1S/C21H24ClNO4S/c1-2-16-6-8-20(9-7-16)27-14-21(24)23(19-10-11-28(25,26)15-19)13-17-4-3-5-18(22)12-17/h3-9,12,19H,2,10-11,13-15H2,1H3. The Hall–Kier alpha value is -2.05. The molecule has 7 heteroatoms. The molecule has 1 unspecified atom stereocenters. The first-order valence-corrected chi connectivity index (χ1v) is 11.5. The fraction of sp³-hybridized carbons (Fsp3) is 0.381. The molecular formula is C21H24ClNO4S. The van der Waals surface area contributed by atoms with E-state index in [9.17, 15) is 13.2 Å². The van der Waals surface area contributed by atoms with Crippen molar-refractivity contribution in [2.24, 2.45) is 0 Å². The second kappa shape index (κ2) is 8.97. The summed E-state index contributed by atoms with van der Waals surface area (Å²) in [4.78, 5) is 14.5. The Morgan fingerprint density at radius 1 is 1.18 bits per heavy atom. The molecular weight excluding hydrogens is 398 g/mol. The first-order chi connectivity index (χ1) is 13.4. The van der Waals surface area contributed by atoms with Crippen LogP contribution in [-0.4, -0.2) is 43.4 Å². The Morgan fingerprint density at radius 2 is 1.93 bits per heavy atom. The molecule has 150 valence electrons. The first kappa shape index (κ1) is 20.7. The smallest absolute Gasteiger partial charge is 0.261 e. The number of carbonyl (C=O) groups is 1. The normalized spacial score (nSPS) is 18.0. The first-order valence-electron chi connectivity index (χ1n) is 9.32. The molecule has 0 spiro atoms. The van der Waals surface area contributed by atoms with Crippen molar-refractivity contribution in [2.75, 3.05) is 18.1 Å². The summed E-state index contributed by atoms with van der Waals surface area (Å²) in [7, 11) is -3.11. The number of aryl methyl sites for hydroxylation is 1. The predicted molar refractivity (Wildman–Crippen MR) is 110 cm³/mol. The van der Waals surface area contributed by atoms with Crippen LogP contribution in [0.5, 0.6) is 5.75 Å². The summed E-state index contributed by atoms with van der Waals surface area (Å²) in [6.07, 6.45) is 1.38. The van der Waals surface area contributed by atoms with E-state index in [-0.39, 0.29) is 30.1 Å². The lowest BCUT2D eigenvalue weighted by Gasteiger charge is -2.28. The van der Waals surface area contributed by atoms with Crippen LogP contribution >= 0.6 is 11.6 Å². The van der Waals surface area contributed by atoms with Crippen LogP contribution in [0.4, 0.5) is 0 Å². The van der Waals surface area contributed by atoms with Crippen molar-refractivity contribution in [3.8, 4) is 5.75 Å². The minimum Gasteiger partial charge on any atom is -0.484 e. The average Bonchev–Trinajstić information content (AvgIpc) is 3.04. The van der Waals surface area contributed by atoms with E-state index >= 15 is 0 Å². The van der Waals surface area contributed by atoms with E-state index in [2.05, 4.69) is 6.92 Å². The van der Waals surface area contributed by atoms with Gasteiger partial charge in [-0.05, 0) is 48.2 Å². The molecule has 0 bridgehead atoms. The number of ether oxygens (including phenoxy) is 1. The van der Waals surface area contributed by atoms with Crippen LogP contribution in [0, 0.1) is 0 Å². The Balaban J connectivity index is 1.72. The highest BCUT2D eigenvalue weighted by Crippen LogP contribution is 2.22. The lowest BCUT2D eigenvalue weighted by molar-refractivity contribution is -0.136. The summed E-state index contributed by atoms with van der Waals surface area (Å²) < 4.78 is 29.5. The molecule has 2 aromatic carbocycles. The van der Waals surface area contributed by atoms with Gasteiger partial charge in [0.25, 0.3) is 5.91 Å². The van der Waals surface area contributed by atoms with E-state index < -0.39 is 9.84 Å². The zero-order valence-corrected chi connectivity index (χ0v) is 17.4. The highest BCUT2D eigenvalue weighted by molar-refractivity contribution is 7.91. The molecule has 1 heterocycles. The van der Waals surface area contributed by atoms with Crippen LogP contribution in [0.1, 0.15) is 24.5 Å². The molecule has 1 amide bonds. The molecule has 0 radical (unpaired) electrons. The van der Waals surface area contributed by atoms with Crippen molar-refractivity contribution in [2.45, 2.75) is 32.4 Å². The Kier molecular flexibility index (Phi) is 6.62. The van der Waals surface area contributed by atoms with Gasteiger partial charge in [-0.2, -0.15) is 0 Å². The maximum Gasteiger partial charge on any atom is 0.261 e. The molecule has 0 aromatic heterocycles. The van der Waals surface area contributed by atoms with Gasteiger partial charge in [-0.15, -0.1) is 0 Å². The molecule has 1 saturated heterocycles. The number of hydrogen-bond acceptors (Lipinski definition) is 4. The van der Waals surface area contributed by atoms with E-state index in [0.29, 0.717) is 23.7 Å². The molecule has 28 heavy (non-hydrogen) atoms. The minimum atomic E-state index is -3.11. The third kappa shape index (κ3) is 5.49. The highest BCUT2D eigenvalue weighted by atomic mass is 35.5. The van der Waals surface area contributed by atoms with Crippen molar-refractivity contribution in [1.29, 1.82) is 0 Å². The topological polar surface area (TPSA) is 63.7 Å². The quantitative estimate of drug-likeness (QED) is 0.686. The van der Waals surface area contributed by atoms with Gasteiger partial charge in [0.2, 0.25) is 0 Å². The van der Waals surface area contributed by atoms with Gasteiger partial charge in [0.15, 0.2) is 16.4 Å². The van der Waals surface area contributed by atoms with Gasteiger partial charge < -0.3 is 9.64 Å². The summed E-state index contributed by atoms with van der Waals surface area (Å²) in [6.45, 7) is 2.24. The van der Waals surface area contributed by atoms with Crippen molar-refractivity contribution >= 4 is 27.3 Å². The van der Waals surface area contributed by atoms with Gasteiger partial charge in [-0.3, -0.25) is 4.79 Å². The number of halogens is 1. The van der Waals surface area contributed by atoms with Gasteiger partial charge in [0.1, 0.15) is 5.75 Å². The molecule has 0 saturated carbocycles. The van der Waals surface area contributed by atoms with Crippen LogP contribution in [-0.2, 0) is 27.6 Å². The van der Waals surface area contributed by atoms with Crippen LogP contribution < -0.4 is 4.74 Å². The number of benzene rings is 2. The van der Waals surface area contributed by atoms with Gasteiger partial charge in [0, 0.05) is 17.6 Å². The highest BCUT2D eigenvalue weighted by Gasteiger charge is 2.34. The number of nitrogens with zero attached hydrogens (tertiary/aromatic N) is 1. The fourth-order valence-electron chi connectivity index (χ4n) is 3.32. The van der Waals surface area contributed by atoms with Gasteiger partial charge in [-0.1, -0.05) is 42.8 Å². The summed E-state index contributed by atoms with van der Waals surface area (Å²) in [6, 6.07) is 14.5. The van der Waals surface area contributed by atoms with E-state index in [1.165, 1.54) is 5.56 Å². The van der Waals surface area contributed by atoms with Gasteiger partial charge in [-0.25, -0.2) is 8.42 Å². The van der Waals surface area contributed by atoms with Crippen LogP contribution in [0.3, 0.4) is 0 Å². The largest absolute Gasteiger partial charge is 0.484 e. The van der Waals surface area contributed by atoms with Crippen molar-refractivity contribution in [3.05, 3.63) is 64.7 Å². The van der Waals surface area contributed by atoms with Crippen molar-refractivity contribution in [1.82, 2.24) is 4.90 Å². The molecule has 2 aromatic rings. The monoisotopic (exact) mass is 421 g/mol. The van der Waals surface area contributed by atoms with Crippen LogP contribution in [0.2, 0.25) is 5.02 Å². The molecule has 0 aliphatic carbocycles. The average molecular weight is 422 g/mol. The lowest BCUT2D eigenvalue weighted by Crippen LogP contribution is -2.43. The van der Waals surface area contributed by atoms with Crippen LogP contribution in [0.25, 0.3) is 0 Å². The zero-order chi connectivity index (χ0) is 20.1.